The van der Waals surface area contributed by atoms with Crippen LogP contribution in [-0.2, 0) is 19.1 Å². The van der Waals surface area contributed by atoms with E-state index in [0.29, 0.717) is 22.7 Å². The average molecular weight is 696 g/mol. The van der Waals surface area contributed by atoms with Gasteiger partial charge in [0.25, 0.3) is 5.91 Å². The Morgan fingerprint density at radius 3 is 2.39 bits per heavy atom. The van der Waals surface area contributed by atoms with Gasteiger partial charge in [-0.25, -0.2) is 4.79 Å². The van der Waals surface area contributed by atoms with Crippen LogP contribution in [0.25, 0.3) is 0 Å². The Balaban J connectivity index is 1.06. The van der Waals surface area contributed by atoms with Gasteiger partial charge in [-0.2, -0.15) is 0 Å². The summed E-state index contributed by atoms with van der Waals surface area (Å²) in [6.07, 6.45) is 0.771. The van der Waals surface area contributed by atoms with E-state index >= 15 is 0 Å². The number of thioether (sulfide) groups is 1. The molecule has 2 saturated carbocycles. The van der Waals surface area contributed by atoms with Crippen LogP contribution in [0.4, 0.5) is 11.4 Å². The van der Waals surface area contributed by atoms with Gasteiger partial charge in [-0.3, -0.25) is 24.1 Å². The maximum Gasteiger partial charge on any atom is 0.338 e. The molecule has 2 aliphatic heterocycles. The van der Waals surface area contributed by atoms with Gasteiger partial charge >= 0.3 is 10.8 Å². The minimum absolute atomic E-state index is 0.00924. The summed E-state index contributed by atoms with van der Waals surface area (Å²) in [6.45, 7) is 3.71. The van der Waals surface area contributed by atoms with E-state index in [1.54, 1.807) is 43.0 Å². The first kappa shape index (κ1) is 31.6. The van der Waals surface area contributed by atoms with Crippen LogP contribution >= 0.6 is 23.1 Å². The van der Waals surface area contributed by atoms with Crippen LogP contribution in [-0.4, -0.2) is 47.1 Å². The number of carbonyl (C=O) groups is 4. The molecule has 8 rings (SSSR count). The summed E-state index contributed by atoms with van der Waals surface area (Å²) in [6, 6.07) is 21.5. The van der Waals surface area contributed by atoms with Crippen molar-refractivity contribution in [2.75, 3.05) is 23.4 Å². The number of aromatic nitrogens is 1. The summed E-state index contributed by atoms with van der Waals surface area (Å²) in [5.41, 5.74) is 3.40. The maximum atomic E-state index is 14.1. The lowest BCUT2D eigenvalue weighted by molar-refractivity contribution is -0.123. The number of esters is 1. The number of H-pyrrole nitrogens is 1. The number of benzene rings is 3. The van der Waals surface area contributed by atoms with Gasteiger partial charge in [0.2, 0.25) is 11.8 Å². The van der Waals surface area contributed by atoms with Crippen LogP contribution in [0, 0.1) is 36.5 Å². The molecule has 250 valence electrons. The number of fused-ring (bicyclic) bond motifs is 9. The van der Waals surface area contributed by atoms with E-state index in [9.17, 15) is 24.0 Å². The monoisotopic (exact) mass is 695 g/mol. The number of rotatable bonds is 8. The fraction of sp³-hybridized carbons (Fsp3) is 0.324. The van der Waals surface area contributed by atoms with Crippen LogP contribution in [0.5, 0.6) is 5.75 Å². The van der Waals surface area contributed by atoms with Crippen LogP contribution in [0.3, 0.4) is 0 Å². The Labute approximate surface area is 290 Å². The molecule has 0 radical (unpaired) electrons. The van der Waals surface area contributed by atoms with E-state index in [-0.39, 0.29) is 70.6 Å². The number of hydrogen-bond donors (Lipinski definition) is 2. The van der Waals surface area contributed by atoms with Crippen molar-refractivity contribution in [3.8, 4) is 5.75 Å². The maximum absolute atomic E-state index is 14.1. The largest absolute Gasteiger partial charge is 0.483 e. The normalized spacial score (nSPS) is 26.2. The van der Waals surface area contributed by atoms with E-state index < -0.39 is 11.9 Å². The number of nitrogens with one attached hydrogen (secondary N) is 2. The molecule has 2 aliphatic carbocycles. The van der Waals surface area contributed by atoms with Gasteiger partial charge in [0.1, 0.15) is 5.75 Å². The van der Waals surface area contributed by atoms with Crippen molar-refractivity contribution < 1.29 is 28.7 Å². The Hall–Kier alpha value is -4.68. The number of anilines is 2. The van der Waals surface area contributed by atoms with Crippen molar-refractivity contribution in [3.63, 3.8) is 0 Å². The summed E-state index contributed by atoms with van der Waals surface area (Å²) in [4.78, 5) is 70.9. The average Bonchev–Trinajstić information content (AvgIpc) is 3.84. The summed E-state index contributed by atoms with van der Waals surface area (Å²) < 4.78 is 11.2. The molecular weight excluding hydrogens is 663 g/mol. The Morgan fingerprint density at radius 2 is 1.65 bits per heavy atom. The summed E-state index contributed by atoms with van der Waals surface area (Å²) in [7, 11) is 0. The molecular formula is C37H33N3O7S2. The number of carbonyl (C=O) groups excluding carboxylic acids is 4. The third-order valence-electron chi connectivity index (χ3n) is 10.3. The second-order valence-electron chi connectivity index (χ2n) is 13.0. The number of hydrogen-bond acceptors (Lipinski definition) is 9. The highest BCUT2D eigenvalue weighted by Gasteiger charge is 2.69. The van der Waals surface area contributed by atoms with Crippen LogP contribution in [0.1, 0.15) is 45.6 Å². The van der Waals surface area contributed by atoms with Gasteiger partial charge in [0.05, 0.1) is 34.7 Å². The Kier molecular flexibility index (Phi) is 7.95. The number of aromatic amines is 1. The highest BCUT2D eigenvalue weighted by Crippen LogP contribution is 2.69. The van der Waals surface area contributed by atoms with Gasteiger partial charge in [0, 0.05) is 27.3 Å². The number of nitrogens with zero attached hydrogens (tertiary/aromatic N) is 1. The third kappa shape index (κ3) is 5.28. The molecule has 2 bridgehead atoms. The molecule has 7 atom stereocenters. The van der Waals surface area contributed by atoms with Crippen LogP contribution in [0.2, 0.25) is 0 Å². The van der Waals surface area contributed by atoms with E-state index in [4.69, 9.17) is 9.47 Å². The number of ether oxygens (including phenoxy) is 2. The molecule has 3 heterocycles. The predicted molar refractivity (Wildman–Crippen MR) is 185 cm³/mol. The molecule has 3 fully saturated rings. The van der Waals surface area contributed by atoms with E-state index in [1.165, 1.54) is 16.2 Å². The number of amides is 3. The molecule has 3 amide bonds. The zero-order valence-corrected chi connectivity index (χ0v) is 28.3. The minimum Gasteiger partial charge on any atom is -0.483 e. The lowest BCUT2D eigenvalue weighted by Gasteiger charge is -2.43. The van der Waals surface area contributed by atoms with Crippen molar-refractivity contribution in [2.24, 2.45) is 29.6 Å². The lowest BCUT2D eigenvalue weighted by Crippen LogP contribution is -2.42. The highest BCUT2D eigenvalue weighted by atomic mass is 32.2. The second kappa shape index (κ2) is 12.3. The molecule has 3 aromatic carbocycles. The molecule has 10 nitrogen and oxygen atoms in total. The van der Waals surface area contributed by atoms with E-state index in [1.807, 2.05) is 55.5 Å². The van der Waals surface area contributed by atoms with Gasteiger partial charge in [-0.15, -0.1) is 11.8 Å². The molecule has 0 spiro atoms. The molecule has 1 saturated heterocycles. The molecule has 49 heavy (non-hydrogen) atoms. The second-order valence-corrected chi connectivity index (χ2v) is 15.2. The van der Waals surface area contributed by atoms with Crippen LogP contribution < -0.4 is 19.8 Å². The quantitative estimate of drug-likeness (QED) is 0.179. The van der Waals surface area contributed by atoms with Gasteiger partial charge in [-0.05, 0) is 80.5 Å². The molecule has 4 aromatic rings. The van der Waals surface area contributed by atoms with Crippen molar-refractivity contribution in [2.45, 2.75) is 36.5 Å². The SMILES string of the molecule is CCOC(=O)c1ccc(NC(=O)COc2ccccc2[C@@H]2c3sc(=O)[nH]c3S[C@@H]3[C@@H]4C[C@@H]([C@@H]5C(=O)N(c6ccc(C)cc6)C(=O)[C@@H]45)[C@H]23)cc1. The van der Waals surface area contributed by atoms with Crippen molar-refractivity contribution in [1.29, 1.82) is 0 Å². The van der Waals surface area contributed by atoms with Crippen LogP contribution in [0.15, 0.2) is 82.6 Å². The molecule has 2 N–H and O–H groups in total. The number of para-hydroxylation sites is 1. The summed E-state index contributed by atoms with van der Waals surface area (Å²) in [5, 5.41) is 3.63. The number of imide groups is 1. The van der Waals surface area contributed by atoms with Crippen molar-refractivity contribution in [1.82, 2.24) is 4.98 Å². The van der Waals surface area contributed by atoms with Crippen molar-refractivity contribution >= 4 is 58.2 Å². The topological polar surface area (TPSA) is 135 Å². The number of aryl methyl sites for hydroxylation is 1. The van der Waals surface area contributed by atoms with Gasteiger partial charge in [-0.1, -0.05) is 47.2 Å². The smallest absolute Gasteiger partial charge is 0.338 e. The zero-order valence-electron chi connectivity index (χ0n) is 26.7. The number of thiazole rings is 1. The third-order valence-corrected chi connectivity index (χ3v) is 12.9. The van der Waals surface area contributed by atoms with E-state index in [2.05, 4.69) is 10.3 Å². The highest BCUT2D eigenvalue weighted by molar-refractivity contribution is 8.00. The first-order valence-electron chi connectivity index (χ1n) is 16.4. The first-order chi connectivity index (χ1) is 23.7. The van der Waals surface area contributed by atoms with Crippen molar-refractivity contribution in [3.05, 3.63) is 104 Å². The first-order valence-corrected chi connectivity index (χ1v) is 18.1. The Bertz CT molecular complexity index is 2040. The molecule has 12 heteroatoms. The summed E-state index contributed by atoms with van der Waals surface area (Å²) in [5.74, 6) is -1.70. The molecule has 0 unspecified atom stereocenters. The molecule has 4 aliphatic rings. The standard InChI is InChI=1S/C37H33N3O7S2/c1-3-46-36(44)19-10-12-20(13-11-19)38-26(41)17-47-25-7-5-4-6-22(25)27-28-23-16-24(31(28)48-33-32(27)49-37(45)39-33)30-29(23)34(42)40(35(30)43)21-14-8-18(2)9-15-21/h4-15,23-24,27-31H,3,16-17H2,1-2H3,(H,38,41)(H,39,45)/t23-,24-,27+,28-,29+,30+,31-/m1/s1. The summed E-state index contributed by atoms with van der Waals surface area (Å²) >= 11 is 2.80. The lowest BCUT2D eigenvalue weighted by atomic mass is 9.68. The minimum atomic E-state index is -0.433. The fourth-order valence-electron chi connectivity index (χ4n) is 8.43. The fourth-order valence-corrected chi connectivity index (χ4v) is 11.3. The Morgan fingerprint density at radius 1 is 0.939 bits per heavy atom. The molecule has 1 aromatic heterocycles. The predicted octanol–water partition coefficient (Wildman–Crippen LogP) is 5.62. The van der Waals surface area contributed by atoms with E-state index in [0.717, 1.165) is 27.5 Å². The van der Waals surface area contributed by atoms with Gasteiger partial charge < -0.3 is 19.8 Å². The zero-order chi connectivity index (χ0) is 34.0. The van der Waals surface area contributed by atoms with Gasteiger partial charge in [0.15, 0.2) is 6.61 Å².